The number of aromatic nitrogens is 1. The van der Waals surface area contributed by atoms with Crippen LogP contribution in [0.2, 0.25) is 0 Å². The van der Waals surface area contributed by atoms with E-state index in [2.05, 4.69) is 10.3 Å². The second-order valence-corrected chi connectivity index (χ2v) is 12.7. The Bertz CT molecular complexity index is 1260. The number of rotatable bonds is 10. The number of hydrogen-bond donors (Lipinski definition) is 2. The number of nitrogens with one attached hydrogen (secondary N) is 1. The van der Waals surface area contributed by atoms with Gasteiger partial charge in [0.2, 0.25) is 5.88 Å². The van der Waals surface area contributed by atoms with Crippen molar-refractivity contribution in [2.45, 2.75) is 91.3 Å². The Kier molecular flexibility index (Phi) is 11.2. The fourth-order valence-electron chi connectivity index (χ4n) is 5.83. The van der Waals surface area contributed by atoms with E-state index >= 15 is 0 Å². The third-order valence-electron chi connectivity index (χ3n) is 7.56. The van der Waals surface area contributed by atoms with E-state index in [1.165, 1.54) is 0 Å². The number of amides is 2. The van der Waals surface area contributed by atoms with E-state index in [4.69, 9.17) is 9.47 Å². The topological polar surface area (TPSA) is 104 Å². The fraction of sp³-hybridized carbons (Fsp3) is 0.594. The number of hydrogen-bond acceptors (Lipinski definition) is 7. The van der Waals surface area contributed by atoms with Crippen molar-refractivity contribution in [1.82, 2.24) is 14.8 Å². The quantitative estimate of drug-likeness (QED) is 0.307. The second-order valence-electron chi connectivity index (χ2n) is 12.7. The van der Waals surface area contributed by atoms with Crippen molar-refractivity contribution in [1.29, 1.82) is 0 Å². The van der Waals surface area contributed by atoms with Crippen molar-refractivity contribution in [2.24, 2.45) is 11.8 Å². The molecule has 2 heterocycles. The van der Waals surface area contributed by atoms with E-state index in [-0.39, 0.29) is 49.4 Å². The number of carbonyl (C=O) groups is 2. The van der Waals surface area contributed by atoms with Gasteiger partial charge in [0, 0.05) is 30.7 Å². The monoisotopic (exact) mass is 622 g/mol. The third kappa shape index (κ3) is 8.13. The van der Waals surface area contributed by atoms with Crippen LogP contribution in [-0.4, -0.2) is 75.4 Å². The zero-order valence-electron chi connectivity index (χ0n) is 26.7. The van der Waals surface area contributed by atoms with Gasteiger partial charge < -0.3 is 29.7 Å². The Morgan fingerprint density at radius 1 is 1.09 bits per heavy atom. The largest absolute Gasteiger partial charge is 0.474 e. The van der Waals surface area contributed by atoms with Gasteiger partial charge in [-0.15, -0.1) is 0 Å². The molecule has 0 bridgehead atoms. The van der Waals surface area contributed by atoms with Crippen molar-refractivity contribution in [2.75, 3.05) is 25.1 Å². The molecule has 0 saturated carbocycles. The summed E-state index contributed by atoms with van der Waals surface area (Å²) in [4.78, 5) is 35.4. The Hall–Kier alpha value is -3.54. The van der Waals surface area contributed by atoms with Gasteiger partial charge in [0.25, 0.3) is 0 Å². The molecule has 0 unspecified atom stereocenters. The first-order chi connectivity index (χ1) is 20.5. The molecule has 12 heteroatoms. The van der Waals surface area contributed by atoms with Crippen molar-refractivity contribution in [3.8, 4) is 5.88 Å². The van der Waals surface area contributed by atoms with E-state index in [1.54, 1.807) is 30.6 Å². The number of alkyl halides is 3. The van der Waals surface area contributed by atoms with Crippen LogP contribution in [0.25, 0.3) is 0 Å². The minimum atomic E-state index is -4.64. The van der Waals surface area contributed by atoms with Gasteiger partial charge in [0.1, 0.15) is 18.2 Å². The molecule has 2 aromatic rings. The molecule has 1 aliphatic heterocycles. The molecule has 0 spiro atoms. The highest BCUT2D eigenvalue weighted by atomic mass is 19.4. The van der Waals surface area contributed by atoms with Gasteiger partial charge in [0.05, 0.1) is 23.9 Å². The molecule has 3 rings (SSSR count). The number of urea groups is 1. The van der Waals surface area contributed by atoms with Crippen LogP contribution < -0.4 is 10.1 Å². The number of anilines is 1. The van der Waals surface area contributed by atoms with Gasteiger partial charge in [0.15, 0.2) is 0 Å². The van der Waals surface area contributed by atoms with Crippen LogP contribution in [-0.2, 0) is 15.7 Å². The zero-order chi connectivity index (χ0) is 33.0. The SMILES string of the molecule is CC(C)N(C(=O)N1[C@H](c2ccccc2)[C@H](CNc2cc(C(F)(F)F)cnc2OCCO)[C@@H](C)[C@@H]1C(=O)OC(C)(C)C)C(C)C. The van der Waals surface area contributed by atoms with Gasteiger partial charge in [-0.2, -0.15) is 13.2 Å². The molecule has 1 aromatic heterocycles. The number of aliphatic hydroxyl groups excluding tert-OH is 1. The summed E-state index contributed by atoms with van der Waals surface area (Å²) in [6.07, 6.45) is -3.97. The second kappa shape index (κ2) is 14.0. The molecule has 1 fully saturated rings. The van der Waals surface area contributed by atoms with Crippen molar-refractivity contribution in [3.05, 3.63) is 53.7 Å². The lowest BCUT2D eigenvalue weighted by Gasteiger charge is -2.40. The molecular weight excluding hydrogens is 577 g/mol. The molecular formula is C32H45F3N4O5. The summed E-state index contributed by atoms with van der Waals surface area (Å²) in [6.45, 7) is 14.3. The highest BCUT2D eigenvalue weighted by molar-refractivity contribution is 5.86. The Morgan fingerprint density at radius 2 is 1.70 bits per heavy atom. The van der Waals surface area contributed by atoms with Gasteiger partial charge in [-0.3, -0.25) is 0 Å². The Labute approximate surface area is 257 Å². The average Bonchev–Trinajstić information content (AvgIpc) is 3.21. The maximum atomic E-state index is 14.4. The van der Waals surface area contributed by atoms with Crippen LogP contribution in [0.1, 0.15) is 72.6 Å². The van der Waals surface area contributed by atoms with E-state index in [1.807, 2.05) is 65.0 Å². The lowest BCUT2D eigenvalue weighted by atomic mass is 9.85. The lowest BCUT2D eigenvalue weighted by Crippen LogP contribution is -2.54. The van der Waals surface area contributed by atoms with Crippen LogP contribution in [0.15, 0.2) is 42.6 Å². The summed E-state index contributed by atoms with van der Waals surface area (Å²) in [5, 5.41) is 12.3. The van der Waals surface area contributed by atoms with E-state index < -0.39 is 47.2 Å². The van der Waals surface area contributed by atoms with Gasteiger partial charge in [-0.25, -0.2) is 14.6 Å². The maximum Gasteiger partial charge on any atom is 0.417 e. The van der Waals surface area contributed by atoms with Crippen LogP contribution in [0.5, 0.6) is 5.88 Å². The number of benzene rings is 1. The first-order valence-electron chi connectivity index (χ1n) is 14.9. The smallest absolute Gasteiger partial charge is 0.417 e. The fourth-order valence-corrected chi connectivity index (χ4v) is 5.83. The highest BCUT2D eigenvalue weighted by Gasteiger charge is 2.54. The summed E-state index contributed by atoms with van der Waals surface area (Å²) >= 11 is 0. The third-order valence-corrected chi connectivity index (χ3v) is 7.56. The molecule has 4 atom stereocenters. The molecule has 2 N–H and O–H groups in total. The van der Waals surface area contributed by atoms with Crippen molar-refractivity contribution < 1.29 is 37.3 Å². The number of halogens is 3. The minimum Gasteiger partial charge on any atom is -0.474 e. The molecule has 0 aliphatic carbocycles. The Morgan fingerprint density at radius 3 is 2.23 bits per heavy atom. The summed E-state index contributed by atoms with van der Waals surface area (Å²) in [5.74, 6) is -1.56. The van der Waals surface area contributed by atoms with Crippen LogP contribution >= 0.6 is 0 Å². The lowest BCUT2D eigenvalue weighted by molar-refractivity contribution is -0.161. The standard InChI is InChI=1S/C32H45F3N4O5/c1-19(2)38(20(3)4)30(42)39-26(29(41)44-31(6,7)8)21(5)24(27(39)22-12-10-9-11-13-22)18-36-25-16-23(32(33,34)35)17-37-28(25)43-15-14-40/h9-13,16-17,19-21,24,26-27,36,40H,14-15,18H2,1-8H3/t21-,24-,26-,27-/m1/s1. The van der Waals surface area contributed by atoms with E-state index in [0.717, 1.165) is 11.6 Å². The number of esters is 1. The highest BCUT2D eigenvalue weighted by Crippen LogP contribution is 2.47. The molecule has 44 heavy (non-hydrogen) atoms. The number of likely N-dealkylation sites (tertiary alicyclic amines) is 1. The predicted octanol–water partition coefficient (Wildman–Crippen LogP) is 6.14. The molecule has 0 radical (unpaired) electrons. The molecule has 9 nitrogen and oxygen atoms in total. The molecule has 1 aliphatic rings. The predicted molar refractivity (Wildman–Crippen MR) is 161 cm³/mol. The van der Waals surface area contributed by atoms with Gasteiger partial charge in [-0.05, 0) is 66.0 Å². The van der Waals surface area contributed by atoms with Crippen LogP contribution in [0.4, 0.5) is 23.7 Å². The van der Waals surface area contributed by atoms with Crippen molar-refractivity contribution >= 4 is 17.7 Å². The minimum absolute atomic E-state index is 0.0168. The summed E-state index contributed by atoms with van der Waals surface area (Å²) < 4.78 is 52.1. The first-order valence-corrected chi connectivity index (χ1v) is 14.9. The Balaban J connectivity index is 2.14. The number of carbonyl (C=O) groups excluding carboxylic acids is 2. The molecule has 2 amide bonds. The molecule has 244 valence electrons. The number of pyridine rings is 1. The molecule has 1 saturated heterocycles. The summed E-state index contributed by atoms with van der Waals surface area (Å²) in [6, 6.07) is 7.92. The summed E-state index contributed by atoms with van der Waals surface area (Å²) in [7, 11) is 0. The summed E-state index contributed by atoms with van der Waals surface area (Å²) in [5.41, 5.74) is -1.03. The van der Waals surface area contributed by atoms with Crippen molar-refractivity contribution in [3.63, 3.8) is 0 Å². The van der Waals surface area contributed by atoms with Gasteiger partial charge >= 0.3 is 18.2 Å². The molecule has 1 aromatic carbocycles. The number of ether oxygens (including phenoxy) is 2. The zero-order valence-corrected chi connectivity index (χ0v) is 26.7. The first kappa shape index (κ1) is 34.9. The van der Waals surface area contributed by atoms with E-state index in [0.29, 0.717) is 6.20 Å². The van der Waals surface area contributed by atoms with Crippen LogP contribution in [0.3, 0.4) is 0 Å². The number of nitrogens with zero attached hydrogens (tertiary/aromatic N) is 3. The normalized spacial score (nSPS) is 20.6. The van der Waals surface area contributed by atoms with Gasteiger partial charge in [-0.1, -0.05) is 37.3 Å². The maximum absolute atomic E-state index is 14.4. The number of aliphatic hydroxyl groups is 1. The average molecular weight is 623 g/mol. The van der Waals surface area contributed by atoms with Crippen LogP contribution in [0, 0.1) is 11.8 Å². The van der Waals surface area contributed by atoms with E-state index in [9.17, 15) is 27.9 Å².